The van der Waals surface area contributed by atoms with Crippen LogP contribution in [0.4, 0.5) is 0 Å². The second-order valence-corrected chi connectivity index (χ2v) is 3.67. The first-order valence-corrected chi connectivity index (χ1v) is 4.60. The van der Waals surface area contributed by atoms with Crippen molar-refractivity contribution in [2.24, 2.45) is 5.92 Å². The van der Waals surface area contributed by atoms with E-state index in [9.17, 15) is 5.11 Å². The Labute approximate surface area is 69.2 Å². The summed E-state index contributed by atoms with van der Waals surface area (Å²) in [5.74, 6) is 0.527. The lowest BCUT2D eigenvalue weighted by atomic mass is 9.91. The fourth-order valence-corrected chi connectivity index (χ4v) is 1.86. The lowest BCUT2D eigenvalue weighted by Gasteiger charge is -2.33. The van der Waals surface area contributed by atoms with E-state index >= 15 is 0 Å². The van der Waals surface area contributed by atoms with Crippen molar-refractivity contribution in [1.82, 2.24) is 4.90 Å². The predicted octanol–water partition coefficient (Wildman–Crippen LogP) is 1.10. The van der Waals surface area contributed by atoms with E-state index < -0.39 is 0 Å². The largest absolute Gasteiger partial charge is 0.393 e. The quantitative estimate of drug-likeness (QED) is 0.649. The van der Waals surface area contributed by atoms with Gasteiger partial charge in [-0.3, -0.25) is 0 Å². The number of likely N-dealkylation sites (tertiary alicyclic amines) is 1. The molecule has 0 aromatic heterocycles. The summed E-state index contributed by atoms with van der Waals surface area (Å²) in [7, 11) is 2.13. The van der Waals surface area contributed by atoms with Crippen LogP contribution in [0.3, 0.4) is 0 Å². The Morgan fingerprint density at radius 1 is 1.55 bits per heavy atom. The second kappa shape index (κ2) is 4.07. The van der Waals surface area contributed by atoms with Crippen molar-refractivity contribution >= 4 is 0 Å². The van der Waals surface area contributed by atoms with Gasteiger partial charge in [0.05, 0.1) is 6.10 Å². The molecule has 2 atom stereocenters. The number of piperidine rings is 1. The van der Waals surface area contributed by atoms with Crippen LogP contribution in [-0.2, 0) is 0 Å². The third kappa shape index (κ3) is 2.46. The Bertz CT molecular complexity index is 116. The average Bonchev–Trinajstić information content (AvgIpc) is 1.98. The molecule has 1 rings (SSSR count). The van der Waals surface area contributed by atoms with Crippen LogP contribution in [0.1, 0.15) is 26.2 Å². The monoisotopic (exact) mass is 157 g/mol. The maximum Gasteiger partial charge on any atom is 0.0592 e. The standard InChI is InChI=1S/C9H19NO/c1-3-4-8-7-10(2)6-5-9(8)11/h8-9,11H,3-7H2,1-2H3/t8-,9-/m1/s1. The lowest BCUT2D eigenvalue weighted by Crippen LogP contribution is -2.40. The molecule has 1 fully saturated rings. The summed E-state index contributed by atoms with van der Waals surface area (Å²) in [5, 5.41) is 9.59. The van der Waals surface area contributed by atoms with Gasteiger partial charge in [-0.25, -0.2) is 0 Å². The molecular formula is C9H19NO. The van der Waals surface area contributed by atoms with Crippen molar-refractivity contribution in [3.63, 3.8) is 0 Å². The molecule has 0 saturated carbocycles. The molecule has 0 amide bonds. The van der Waals surface area contributed by atoms with Crippen molar-refractivity contribution in [3.05, 3.63) is 0 Å². The Balaban J connectivity index is 2.34. The summed E-state index contributed by atoms with van der Waals surface area (Å²) in [4.78, 5) is 2.31. The first kappa shape index (κ1) is 9.01. The summed E-state index contributed by atoms with van der Waals surface area (Å²) in [6.07, 6.45) is 3.29. The molecule has 0 bridgehead atoms. The molecule has 0 radical (unpaired) electrons. The Morgan fingerprint density at radius 2 is 2.27 bits per heavy atom. The number of hydrogen-bond acceptors (Lipinski definition) is 2. The van der Waals surface area contributed by atoms with E-state index in [-0.39, 0.29) is 6.10 Å². The third-order valence-corrected chi connectivity index (χ3v) is 2.56. The maximum absolute atomic E-state index is 9.59. The molecule has 0 aliphatic carbocycles. The summed E-state index contributed by atoms with van der Waals surface area (Å²) >= 11 is 0. The highest BCUT2D eigenvalue weighted by Crippen LogP contribution is 2.20. The lowest BCUT2D eigenvalue weighted by molar-refractivity contribution is 0.0322. The van der Waals surface area contributed by atoms with E-state index in [4.69, 9.17) is 0 Å². The van der Waals surface area contributed by atoms with Gasteiger partial charge in [0.2, 0.25) is 0 Å². The highest BCUT2D eigenvalue weighted by molar-refractivity contribution is 4.77. The van der Waals surface area contributed by atoms with Crippen LogP contribution in [-0.4, -0.2) is 36.2 Å². The van der Waals surface area contributed by atoms with Crippen molar-refractivity contribution in [3.8, 4) is 0 Å². The molecule has 0 aromatic rings. The SMILES string of the molecule is CCC[C@@H]1CN(C)CC[C@H]1O. The van der Waals surface area contributed by atoms with Gasteiger partial charge in [0, 0.05) is 13.1 Å². The van der Waals surface area contributed by atoms with E-state index in [1.54, 1.807) is 0 Å². The zero-order chi connectivity index (χ0) is 8.27. The van der Waals surface area contributed by atoms with Gasteiger partial charge in [0.25, 0.3) is 0 Å². The zero-order valence-electron chi connectivity index (χ0n) is 7.58. The zero-order valence-corrected chi connectivity index (χ0v) is 7.58. The highest BCUT2D eigenvalue weighted by Gasteiger charge is 2.24. The van der Waals surface area contributed by atoms with E-state index in [0.717, 1.165) is 19.5 Å². The number of nitrogens with zero attached hydrogens (tertiary/aromatic N) is 1. The molecule has 11 heavy (non-hydrogen) atoms. The van der Waals surface area contributed by atoms with E-state index in [0.29, 0.717) is 5.92 Å². The average molecular weight is 157 g/mol. The van der Waals surface area contributed by atoms with Crippen LogP contribution in [0, 0.1) is 5.92 Å². The first-order valence-electron chi connectivity index (χ1n) is 4.60. The summed E-state index contributed by atoms with van der Waals surface area (Å²) < 4.78 is 0. The third-order valence-electron chi connectivity index (χ3n) is 2.56. The van der Waals surface area contributed by atoms with E-state index in [2.05, 4.69) is 18.9 Å². The molecule has 66 valence electrons. The minimum Gasteiger partial charge on any atom is -0.393 e. The minimum atomic E-state index is -0.0360. The molecular weight excluding hydrogens is 138 g/mol. The minimum absolute atomic E-state index is 0.0360. The predicted molar refractivity (Wildman–Crippen MR) is 46.5 cm³/mol. The first-order chi connectivity index (χ1) is 5.24. The van der Waals surface area contributed by atoms with Gasteiger partial charge in [-0.05, 0) is 25.8 Å². The molecule has 0 aromatic carbocycles. The molecule has 0 unspecified atom stereocenters. The molecule has 1 aliphatic rings. The van der Waals surface area contributed by atoms with Crippen LogP contribution < -0.4 is 0 Å². The number of aliphatic hydroxyl groups is 1. The van der Waals surface area contributed by atoms with Crippen molar-refractivity contribution in [2.45, 2.75) is 32.3 Å². The van der Waals surface area contributed by atoms with Crippen molar-refractivity contribution in [1.29, 1.82) is 0 Å². The number of rotatable bonds is 2. The van der Waals surface area contributed by atoms with Crippen molar-refractivity contribution < 1.29 is 5.11 Å². The Morgan fingerprint density at radius 3 is 2.91 bits per heavy atom. The molecule has 2 heteroatoms. The van der Waals surface area contributed by atoms with Gasteiger partial charge in [0.1, 0.15) is 0 Å². The molecule has 1 N–H and O–H groups in total. The van der Waals surface area contributed by atoms with Crippen LogP contribution in [0.15, 0.2) is 0 Å². The molecule has 1 saturated heterocycles. The van der Waals surface area contributed by atoms with E-state index in [1.165, 1.54) is 12.8 Å². The van der Waals surface area contributed by atoms with Crippen LogP contribution in [0.5, 0.6) is 0 Å². The fourth-order valence-electron chi connectivity index (χ4n) is 1.86. The van der Waals surface area contributed by atoms with Gasteiger partial charge < -0.3 is 10.0 Å². The second-order valence-electron chi connectivity index (χ2n) is 3.67. The number of aliphatic hydroxyl groups excluding tert-OH is 1. The summed E-state index contributed by atoms with van der Waals surface area (Å²) in [6, 6.07) is 0. The van der Waals surface area contributed by atoms with Gasteiger partial charge in [-0.2, -0.15) is 0 Å². The molecule has 0 spiro atoms. The van der Waals surface area contributed by atoms with Gasteiger partial charge in [0.15, 0.2) is 0 Å². The molecule has 2 nitrogen and oxygen atoms in total. The van der Waals surface area contributed by atoms with Gasteiger partial charge >= 0.3 is 0 Å². The smallest absolute Gasteiger partial charge is 0.0592 e. The number of hydrogen-bond donors (Lipinski definition) is 1. The van der Waals surface area contributed by atoms with Crippen molar-refractivity contribution in [2.75, 3.05) is 20.1 Å². The molecule has 1 heterocycles. The normalized spacial score (nSPS) is 34.1. The maximum atomic E-state index is 9.59. The van der Waals surface area contributed by atoms with E-state index in [1.807, 2.05) is 0 Å². The van der Waals surface area contributed by atoms with Crippen LogP contribution >= 0.6 is 0 Å². The van der Waals surface area contributed by atoms with Gasteiger partial charge in [-0.15, -0.1) is 0 Å². The van der Waals surface area contributed by atoms with Crippen LogP contribution in [0.2, 0.25) is 0 Å². The van der Waals surface area contributed by atoms with Crippen LogP contribution in [0.25, 0.3) is 0 Å². The Kier molecular flexibility index (Phi) is 3.34. The topological polar surface area (TPSA) is 23.5 Å². The fraction of sp³-hybridized carbons (Fsp3) is 1.00. The summed E-state index contributed by atoms with van der Waals surface area (Å²) in [5.41, 5.74) is 0. The Hall–Kier alpha value is -0.0800. The summed E-state index contributed by atoms with van der Waals surface area (Å²) in [6.45, 7) is 4.32. The highest BCUT2D eigenvalue weighted by atomic mass is 16.3. The van der Waals surface area contributed by atoms with Gasteiger partial charge in [-0.1, -0.05) is 13.3 Å². The molecule has 1 aliphatic heterocycles.